The summed E-state index contributed by atoms with van der Waals surface area (Å²) in [6, 6.07) is 12.3. The van der Waals surface area contributed by atoms with Crippen molar-refractivity contribution in [2.75, 3.05) is 13.7 Å². The van der Waals surface area contributed by atoms with Crippen molar-refractivity contribution in [3.05, 3.63) is 57.6 Å². The molecule has 0 spiro atoms. The number of hydrogen-bond acceptors (Lipinski definition) is 2. The molecule has 0 saturated carbocycles. The average Bonchev–Trinajstić information content (AvgIpc) is 2.48. The van der Waals surface area contributed by atoms with Gasteiger partial charge in [-0.05, 0) is 53.5 Å². The fraction of sp³-hybridized carbons (Fsp3) is 0.294. The zero-order chi connectivity index (χ0) is 15.4. The van der Waals surface area contributed by atoms with Crippen molar-refractivity contribution in [3.63, 3.8) is 0 Å². The Hall–Kier alpha value is -1.00. The van der Waals surface area contributed by atoms with Crippen molar-refractivity contribution in [2.24, 2.45) is 0 Å². The third-order valence-corrected chi connectivity index (χ3v) is 4.85. The van der Waals surface area contributed by atoms with Crippen LogP contribution in [0.3, 0.4) is 0 Å². The molecule has 0 aromatic heterocycles. The van der Waals surface area contributed by atoms with Gasteiger partial charge in [0.05, 0.1) is 23.0 Å². The molecule has 0 aliphatic rings. The van der Waals surface area contributed by atoms with E-state index < -0.39 is 0 Å². The van der Waals surface area contributed by atoms with Gasteiger partial charge in [0.25, 0.3) is 0 Å². The summed E-state index contributed by atoms with van der Waals surface area (Å²) in [5.74, 6) is 1.74. The standard InChI is InChI=1S/C17H18Br2O2/c1-4-21-15-7-5-11(2)9-13(15)17(19)12-6-8-16(20-3)14(18)10-12/h5-10,17H,4H2,1-3H3. The first-order chi connectivity index (χ1) is 10.1. The van der Waals surface area contributed by atoms with Gasteiger partial charge in [0, 0.05) is 5.56 Å². The molecule has 0 N–H and O–H groups in total. The van der Waals surface area contributed by atoms with Gasteiger partial charge in [-0.25, -0.2) is 0 Å². The summed E-state index contributed by atoms with van der Waals surface area (Å²) in [5, 5.41) is 0. The smallest absolute Gasteiger partial charge is 0.133 e. The monoisotopic (exact) mass is 412 g/mol. The Morgan fingerprint density at radius 2 is 1.81 bits per heavy atom. The van der Waals surface area contributed by atoms with E-state index in [1.54, 1.807) is 7.11 Å². The molecule has 21 heavy (non-hydrogen) atoms. The highest BCUT2D eigenvalue weighted by Crippen LogP contribution is 2.39. The first-order valence-electron chi connectivity index (χ1n) is 6.77. The van der Waals surface area contributed by atoms with Crippen molar-refractivity contribution in [1.29, 1.82) is 0 Å². The number of ether oxygens (including phenoxy) is 2. The third kappa shape index (κ3) is 3.80. The van der Waals surface area contributed by atoms with Crippen molar-refractivity contribution in [3.8, 4) is 11.5 Å². The molecule has 2 aromatic carbocycles. The first kappa shape index (κ1) is 16.4. The van der Waals surface area contributed by atoms with E-state index in [1.807, 2.05) is 19.1 Å². The van der Waals surface area contributed by atoms with Crippen molar-refractivity contribution < 1.29 is 9.47 Å². The lowest BCUT2D eigenvalue weighted by Crippen LogP contribution is -2.01. The highest BCUT2D eigenvalue weighted by Gasteiger charge is 2.17. The van der Waals surface area contributed by atoms with Crippen LogP contribution in [0.25, 0.3) is 0 Å². The molecule has 0 aliphatic carbocycles. The van der Waals surface area contributed by atoms with Gasteiger partial charge in [0.1, 0.15) is 11.5 Å². The number of rotatable bonds is 5. The number of alkyl halides is 1. The maximum atomic E-state index is 5.74. The molecular weight excluding hydrogens is 396 g/mol. The molecule has 1 unspecified atom stereocenters. The van der Waals surface area contributed by atoms with E-state index in [0.29, 0.717) is 6.61 Å². The Labute approximate surface area is 142 Å². The highest BCUT2D eigenvalue weighted by molar-refractivity contribution is 9.10. The van der Waals surface area contributed by atoms with E-state index in [9.17, 15) is 0 Å². The van der Waals surface area contributed by atoms with Gasteiger partial charge >= 0.3 is 0 Å². The summed E-state index contributed by atoms with van der Waals surface area (Å²) in [5.41, 5.74) is 3.49. The largest absolute Gasteiger partial charge is 0.496 e. The molecule has 0 fully saturated rings. The van der Waals surface area contributed by atoms with Crippen LogP contribution in [0.2, 0.25) is 0 Å². The number of hydrogen-bond donors (Lipinski definition) is 0. The van der Waals surface area contributed by atoms with Crippen LogP contribution in [0.15, 0.2) is 40.9 Å². The zero-order valence-corrected chi connectivity index (χ0v) is 15.5. The molecule has 0 aliphatic heterocycles. The Morgan fingerprint density at radius 3 is 2.43 bits per heavy atom. The van der Waals surface area contributed by atoms with E-state index in [4.69, 9.17) is 9.47 Å². The quantitative estimate of drug-likeness (QED) is 0.589. The maximum Gasteiger partial charge on any atom is 0.133 e. The minimum Gasteiger partial charge on any atom is -0.496 e. The second-order valence-corrected chi connectivity index (χ2v) is 6.50. The van der Waals surface area contributed by atoms with Gasteiger partial charge in [-0.2, -0.15) is 0 Å². The zero-order valence-electron chi connectivity index (χ0n) is 12.3. The lowest BCUT2D eigenvalue weighted by molar-refractivity contribution is 0.337. The normalized spacial score (nSPS) is 12.0. The van der Waals surface area contributed by atoms with Crippen LogP contribution < -0.4 is 9.47 Å². The van der Waals surface area contributed by atoms with Crippen molar-refractivity contribution in [2.45, 2.75) is 18.7 Å². The maximum absolute atomic E-state index is 5.74. The first-order valence-corrected chi connectivity index (χ1v) is 8.48. The van der Waals surface area contributed by atoms with Crippen LogP contribution >= 0.6 is 31.9 Å². The minimum atomic E-state index is 0.0705. The summed E-state index contributed by atoms with van der Waals surface area (Å²) in [4.78, 5) is 0.0705. The molecule has 1 atom stereocenters. The van der Waals surface area contributed by atoms with Crippen molar-refractivity contribution in [1.82, 2.24) is 0 Å². The highest BCUT2D eigenvalue weighted by atomic mass is 79.9. The second kappa shape index (κ2) is 7.32. The van der Waals surface area contributed by atoms with Gasteiger partial charge in [-0.1, -0.05) is 39.7 Å². The number of halogens is 2. The average molecular weight is 414 g/mol. The van der Waals surface area contributed by atoms with Gasteiger partial charge < -0.3 is 9.47 Å². The Balaban J connectivity index is 2.41. The van der Waals surface area contributed by atoms with Gasteiger partial charge in [0.2, 0.25) is 0 Å². The summed E-state index contributed by atoms with van der Waals surface area (Å²) in [7, 11) is 1.67. The van der Waals surface area contributed by atoms with Crippen LogP contribution in [-0.2, 0) is 0 Å². The molecule has 0 bridgehead atoms. The Bertz CT molecular complexity index is 626. The number of benzene rings is 2. The second-order valence-electron chi connectivity index (χ2n) is 4.73. The van der Waals surface area contributed by atoms with Crippen LogP contribution in [0.1, 0.15) is 28.4 Å². The van der Waals surface area contributed by atoms with Crippen LogP contribution in [0, 0.1) is 6.92 Å². The summed E-state index contributed by atoms with van der Waals surface area (Å²) < 4.78 is 12.0. The van der Waals surface area contributed by atoms with E-state index in [0.717, 1.165) is 27.1 Å². The van der Waals surface area contributed by atoms with E-state index in [-0.39, 0.29) is 4.83 Å². The van der Waals surface area contributed by atoms with Gasteiger partial charge in [-0.3, -0.25) is 0 Å². The molecule has 0 heterocycles. The summed E-state index contributed by atoms with van der Waals surface area (Å²) >= 11 is 7.32. The predicted molar refractivity (Wildman–Crippen MR) is 93.8 cm³/mol. The molecule has 0 saturated heterocycles. The Kier molecular flexibility index (Phi) is 5.71. The molecule has 2 aromatic rings. The van der Waals surface area contributed by atoms with E-state index >= 15 is 0 Å². The van der Waals surface area contributed by atoms with E-state index in [2.05, 4.69) is 63.0 Å². The minimum absolute atomic E-state index is 0.0705. The van der Waals surface area contributed by atoms with Gasteiger partial charge in [0.15, 0.2) is 0 Å². The molecule has 0 amide bonds. The van der Waals surface area contributed by atoms with Gasteiger partial charge in [-0.15, -0.1) is 0 Å². The molecule has 112 valence electrons. The van der Waals surface area contributed by atoms with Crippen LogP contribution in [0.4, 0.5) is 0 Å². The number of methoxy groups -OCH3 is 1. The molecular formula is C17H18Br2O2. The molecule has 0 radical (unpaired) electrons. The molecule has 2 rings (SSSR count). The predicted octanol–water partition coefficient (Wildman–Crippen LogP) is 5.65. The summed E-state index contributed by atoms with van der Waals surface area (Å²) in [6.07, 6.45) is 0. The van der Waals surface area contributed by atoms with Crippen LogP contribution in [-0.4, -0.2) is 13.7 Å². The van der Waals surface area contributed by atoms with Crippen LogP contribution in [0.5, 0.6) is 11.5 Å². The Morgan fingerprint density at radius 1 is 1.10 bits per heavy atom. The summed E-state index contributed by atoms with van der Waals surface area (Å²) in [6.45, 7) is 4.74. The fourth-order valence-electron chi connectivity index (χ4n) is 2.17. The molecule has 4 heteroatoms. The van der Waals surface area contributed by atoms with E-state index in [1.165, 1.54) is 5.56 Å². The molecule has 2 nitrogen and oxygen atoms in total. The third-order valence-electron chi connectivity index (χ3n) is 3.21. The lowest BCUT2D eigenvalue weighted by atomic mass is 10.0. The topological polar surface area (TPSA) is 18.5 Å². The number of aryl methyl sites for hydroxylation is 1. The lowest BCUT2D eigenvalue weighted by Gasteiger charge is -2.17. The SMILES string of the molecule is CCOc1ccc(C)cc1C(Br)c1ccc(OC)c(Br)c1. The fourth-order valence-corrected chi connectivity index (χ4v) is 3.37. The van der Waals surface area contributed by atoms with Crippen molar-refractivity contribution >= 4 is 31.9 Å².